The van der Waals surface area contributed by atoms with Gasteiger partial charge in [-0.05, 0) is 110 Å². The van der Waals surface area contributed by atoms with E-state index in [2.05, 4.69) is 19.9 Å². The number of fused-ring (bicyclic) bond motifs is 6. The van der Waals surface area contributed by atoms with Gasteiger partial charge in [-0.15, -0.1) is 0 Å². The van der Waals surface area contributed by atoms with E-state index in [-0.39, 0.29) is 11.5 Å². The Bertz CT molecular complexity index is 3740. The zero-order valence-electron chi connectivity index (χ0n) is 35.9. The van der Waals surface area contributed by atoms with Gasteiger partial charge in [0.25, 0.3) is 0 Å². The highest BCUT2D eigenvalue weighted by molar-refractivity contribution is 6.11. The van der Waals surface area contributed by atoms with Crippen LogP contribution < -0.4 is 9.47 Å². The maximum Gasteiger partial charge on any atom is 0.420 e. The van der Waals surface area contributed by atoms with Crippen LogP contribution in [0.4, 0.5) is 26.3 Å². The Morgan fingerprint density at radius 3 is 1.51 bits per heavy atom. The van der Waals surface area contributed by atoms with Gasteiger partial charge in [0.1, 0.15) is 34.6 Å². The van der Waals surface area contributed by atoms with Crippen LogP contribution in [0.3, 0.4) is 0 Å². The van der Waals surface area contributed by atoms with E-state index in [1.54, 1.807) is 91.5 Å². The normalized spacial score (nSPS) is 12.1. The molecule has 0 aliphatic rings. The van der Waals surface area contributed by atoms with Gasteiger partial charge in [0, 0.05) is 57.2 Å². The number of rotatable bonds is 8. The van der Waals surface area contributed by atoms with Gasteiger partial charge >= 0.3 is 12.4 Å². The average Bonchev–Trinajstić information content (AvgIpc) is 3.82. The Kier molecular flexibility index (Phi) is 9.99. The fourth-order valence-corrected chi connectivity index (χ4v) is 8.69. The number of benzene rings is 6. The molecule has 5 aromatic heterocycles. The third-order valence-electron chi connectivity index (χ3n) is 11.8. The number of aryl methyl sites for hydroxylation is 2. The summed E-state index contributed by atoms with van der Waals surface area (Å²) in [6.07, 6.45) is -2.82. The van der Waals surface area contributed by atoms with Crippen molar-refractivity contribution in [2.45, 2.75) is 26.2 Å². The van der Waals surface area contributed by atoms with Gasteiger partial charge in [0.05, 0.1) is 57.0 Å². The molecule has 14 heteroatoms. The highest BCUT2D eigenvalue weighted by Gasteiger charge is 2.36. The minimum atomic E-state index is -4.73. The number of nitrogens with zero attached hydrogens (tertiary/aromatic N) is 6. The second-order valence-electron chi connectivity index (χ2n) is 16.3. The van der Waals surface area contributed by atoms with Gasteiger partial charge < -0.3 is 9.47 Å². The van der Waals surface area contributed by atoms with Crippen LogP contribution in [-0.4, -0.2) is 29.1 Å². The SMILES string of the molecule is Cc1ccc2c(c1)c1cc(C(F)(F)F)c(Oc3cccc(-c4cnc(-c5cccc(Oc6cc7c(cc6C)c6cc(C(F)(F)F)ccc6n7-c6ccccn6)c5)cn4)c3)cc1n2-c1ccccn1. The molecule has 0 spiro atoms. The Morgan fingerprint density at radius 2 is 0.971 bits per heavy atom. The van der Waals surface area contributed by atoms with Crippen LogP contribution in [0.1, 0.15) is 22.3 Å². The fourth-order valence-electron chi connectivity index (χ4n) is 8.69. The quantitative estimate of drug-likeness (QED) is 0.141. The smallest absolute Gasteiger partial charge is 0.420 e. The molecule has 0 saturated heterocycles. The van der Waals surface area contributed by atoms with Crippen molar-refractivity contribution in [3.8, 4) is 57.1 Å². The molecular weight excluding hydrogens is 879 g/mol. The van der Waals surface area contributed by atoms with Crippen LogP contribution in [0.5, 0.6) is 23.0 Å². The number of pyridine rings is 2. The molecule has 11 aromatic rings. The second kappa shape index (κ2) is 16.1. The molecular formula is C54H34F6N6O2. The fraction of sp³-hybridized carbons (Fsp3) is 0.0741. The highest BCUT2D eigenvalue weighted by atomic mass is 19.4. The number of halogens is 6. The molecule has 68 heavy (non-hydrogen) atoms. The third kappa shape index (κ3) is 7.59. The van der Waals surface area contributed by atoms with E-state index in [4.69, 9.17) is 9.47 Å². The highest BCUT2D eigenvalue weighted by Crippen LogP contribution is 2.45. The van der Waals surface area contributed by atoms with Crippen molar-refractivity contribution in [2.24, 2.45) is 0 Å². The molecule has 0 atom stereocenters. The summed E-state index contributed by atoms with van der Waals surface area (Å²) in [5.74, 6) is 1.85. The Hall–Kier alpha value is -8.52. The van der Waals surface area contributed by atoms with E-state index >= 15 is 0 Å². The Balaban J connectivity index is 0.891. The average molecular weight is 913 g/mol. The van der Waals surface area contributed by atoms with Gasteiger partial charge in [-0.25, -0.2) is 9.97 Å². The summed E-state index contributed by atoms with van der Waals surface area (Å²) in [5.41, 5.74) is 4.58. The van der Waals surface area contributed by atoms with Crippen molar-refractivity contribution in [3.05, 3.63) is 193 Å². The molecule has 334 valence electrons. The minimum absolute atomic E-state index is 0.166. The summed E-state index contributed by atoms with van der Waals surface area (Å²) in [5, 5.41) is 2.13. The van der Waals surface area contributed by atoms with Crippen LogP contribution in [0.25, 0.3) is 77.8 Å². The lowest BCUT2D eigenvalue weighted by Crippen LogP contribution is -2.07. The predicted octanol–water partition coefficient (Wildman–Crippen LogP) is 15.0. The summed E-state index contributed by atoms with van der Waals surface area (Å²) in [7, 11) is 0. The van der Waals surface area contributed by atoms with Crippen molar-refractivity contribution < 1.29 is 35.8 Å². The summed E-state index contributed by atoms with van der Waals surface area (Å²) in [6.45, 7) is 3.73. The lowest BCUT2D eigenvalue weighted by atomic mass is 10.1. The number of aromatic nitrogens is 6. The largest absolute Gasteiger partial charge is 0.457 e. The molecule has 0 unspecified atom stereocenters. The Morgan fingerprint density at radius 1 is 0.441 bits per heavy atom. The van der Waals surface area contributed by atoms with Crippen LogP contribution in [0, 0.1) is 13.8 Å². The van der Waals surface area contributed by atoms with Crippen molar-refractivity contribution >= 4 is 43.6 Å². The maximum atomic E-state index is 14.8. The van der Waals surface area contributed by atoms with Gasteiger partial charge in [-0.3, -0.25) is 19.1 Å². The van der Waals surface area contributed by atoms with E-state index in [1.807, 2.05) is 71.5 Å². The van der Waals surface area contributed by atoms with Crippen LogP contribution in [-0.2, 0) is 12.4 Å². The van der Waals surface area contributed by atoms with Gasteiger partial charge in [-0.2, -0.15) is 26.3 Å². The van der Waals surface area contributed by atoms with Crippen LogP contribution in [0.15, 0.2) is 170 Å². The molecule has 0 fully saturated rings. The van der Waals surface area contributed by atoms with Gasteiger partial charge in [0.2, 0.25) is 0 Å². The van der Waals surface area contributed by atoms with E-state index < -0.39 is 23.5 Å². The molecule has 0 aliphatic carbocycles. The monoisotopic (exact) mass is 912 g/mol. The maximum absolute atomic E-state index is 14.8. The molecule has 0 N–H and O–H groups in total. The van der Waals surface area contributed by atoms with E-state index in [9.17, 15) is 26.3 Å². The molecule has 0 bridgehead atoms. The minimum Gasteiger partial charge on any atom is -0.457 e. The molecule has 0 aliphatic heterocycles. The van der Waals surface area contributed by atoms with Crippen molar-refractivity contribution in [1.82, 2.24) is 29.1 Å². The Labute approximate surface area is 383 Å². The van der Waals surface area contributed by atoms with Gasteiger partial charge in [-0.1, -0.05) is 48.0 Å². The van der Waals surface area contributed by atoms with E-state index in [0.717, 1.165) is 23.8 Å². The van der Waals surface area contributed by atoms with Crippen molar-refractivity contribution in [2.75, 3.05) is 0 Å². The van der Waals surface area contributed by atoms with Crippen molar-refractivity contribution in [1.29, 1.82) is 0 Å². The summed E-state index contributed by atoms with van der Waals surface area (Å²) in [4.78, 5) is 18.4. The topological polar surface area (TPSA) is 79.9 Å². The molecule has 0 saturated carbocycles. The molecule has 11 rings (SSSR count). The molecule has 6 aromatic carbocycles. The molecule has 8 nitrogen and oxygen atoms in total. The zero-order chi connectivity index (χ0) is 46.9. The van der Waals surface area contributed by atoms with Crippen LogP contribution >= 0.6 is 0 Å². The van der Waals surface area contributed by atoms with E-state index in [0.29, 0.717) is 94.8 Å². The molecule has 0 amide bonds. The zero-order valence-corrected chi connectivity index (χ0v) is 35.9. The first-order chi connectivity index (χ1) is 32.8. The molecule has 5 heterocycles. The standard InChI is InChI=1S/C54H34F6N6O2/c1-31-15-17-45-38(21-31)41-26-42(54(58,59)60)50(28-48(41)65(45)51-13-3-5-19-61-51)68-37-12-8-10-34(24-37)44-30-63-43(29-64-44)33-9-7-11-36(23-33)67-49-27-47-39(22-32(49)2)40-25-35(53(55,56)57)16-18-46(40)66(47)52-14-4-6-20-62-52/h3-30H,1-2H3. The third-order valence-corrected chi connectivity index (χ3v) is 11.8. The number of ether oxygens (including phenoxy) is 2. The van der Waals surface area contributed by atoms with E-state index in [1.165, 1.54) is 12.1 Å². The second-order valence-corrected chi connectivity index (χ2v) is 16.3. The first-order valence-corrected chi connectivity index (χ1v) is 21.3. The summed E-state index contributed by atoms with van der Waals surface area (Å²) < 4.78 is 102. The van der Waals surface area contributed by atoms with Crippen LogP contribution in [0.2, 0.25) is 0 Å². The lowest BCUT2D eigenvalue weighted by molar-refractivity contribution is -0.139. The number of hydrogen-bond donors (Lipinski definition) is 0. The lowest BCUT2D eigenvalue weighted by Gasteiger charge is -2.16. The van der Waals surface area contributed by atoms with Gasteiger partial charge in [0.15, 0.2) is 0 Å². The summed E-state index contributed by atoms with van der Waals surface area (Å²) >= 11 is 0. The van der Waals surface area contributed by atoms with Crippen molar-refractivity contribution in [3.63, 3.8) is 0 Å². The number of hydrogen-bond acceptors (Lipinski definition) is 6. The molecule has 0 radical (unpaired) electrons. The number of alkyl halides is 6. The predicted molar refractivity (Wildman–Crippen MR) is 250 cm³/mol. The first-order valence-electron chi connectivity index (χ1n) is 21.3. The first kappa shape index (κ1) is 42.1. The summed E-state index contributed by atoms with van der Waals surface area (Å²) in [6, 6.07) is 40.2.